The van der Waals surface area contributed by atoms with Crippen LogP contribution in [0.25, 0.3) is 0 Å². The largest absolute Gasteiger partial charge is 0.478 e. The van der Waals surface area contributed by atoms with Gasteiger partial charge in [-0.25, -0.2) is 4.79 Å². The van der Waals surface area contributed by atoms with E-state index in [9.17, 15) is 14.9 Å². The number of carboxylic acid groups (broad SMARTS) is 1. The summed E-state index contributed by atoms with van der Waals surface area (Å²) in [6, 6.07) is 0.552. The van der Waals surface area contributed by atoms with Crippen molar-refractivity contribution in [3.8, 4) is 0 Å². The second-order valence-electron chi connectivity index (χ2n) is 1.94. The van der Waals surface area contributed by atoms with E-state index in [0.29, 0.717) is 0 Å². The van der Waals surface area contributed by atoms with Crippen molar-refractivity contribution in [1.82, 2.24) is 0 Å². The van der Waals surface area contributed by atoms with Crippen molar-refractivity contribution >= 4 is 11.7 Å². The first-order chi connectivity index (χ1) is 6.43. The number of rotatable bonds is 2. The summed E-state index contributed by atoms with van der Waals surface area (Å²) in [4.78, 5) is 20.0. The maximum absolute atomic E-state index is 10.5. The number of nitro benzene ring substituents is 1. The van der Waals surface area contributed by atoms with Crippen LogP contribution in [0.5, 0.6) is 0 Å². The molecule has 1 rings (SSSR count). The minimum Gasteiger partial charge on any atom is -0.478 e. The summed E-state index contributed by atoms with van der Waals surface area (Å²) in [6.45, 7) is 0. The average Bonchev–Trinajstić information content (AvgIpc) is 2.01. The van der Waals surface area contributed by atoms with Crippen LogP contribution in [0, 0.1) is 10.1 Å². The highest BCUT2D eigenvalue weighted by Crippen LogP contribution is 2.11. The van der Waals surface area contributed by atoms with E-state index in [1.165, 1.54) is 0 Å². The lowest BCUT2D eigenvalue weighted by Crippen LogP contribution is -1.96. The van der Waals surface area contributed by atoms with E-state index >= 15 is 0 Å². The van der Waals surface area contributed by atoms with E-state index in [1.54, 1.807) is 0 Å². The van der Waals surface area contributed by atoms with Gasteiger partial charge in [0.1, 0.15) is 0 Å². The molecule has 5 nitrogen and oxygen atoms in total. The summed E-state index contributed by atoms with van der Waals surface area (Å²) in [7, 11) is 0. The highest BCUT2D eigenvalue weighted by molar-refractivity contribution is 5.87. The highest BCUT2D eigenvalue weighted by Gasteiger charge is 2.06. The second kappa shape index (κ2) is 3.00. The molecule has 0 bridgehead atoms. The van der Waals surface area contributed by atoms with Gasteiger partial charge in [0, 0.05) is 12.1 Å². The first-order valence-corrected chi connectivity index (χ1v) is 2.92. The Balaban J connectivity index is 3.39. The number of non-ortho nitro benzene ring substituents is 1. The van der Waals surface area contributed by atoms with Crippen LogP contribution >= 0.6 is 0 Å². The molecule has 1 aromatic rings. The van der Waals surface area contributed by atoms with Gasteiger partial charge in [-0.15, -0.1) is 0 Å². The van der Waals surface area contributed by atoms with Gasteiger partial charge in [-0.2, -0.15) is 0 Å². The Bertz CT molecular complexity index is 395. The molecule has 0 atom stereocenters. The van der Waals surface area contributed by atoms with E-state index in [-0.39, 0.29) is 0 Å². The zero-order chi connectivity index (χ0) is 10.9. The summed E-state index contributed by atoms with van der Waals surface area (Å²) >= 11 is 0. The zero-order valence-corrected chi connectivity index (χ0v) is 5.77. The van der Waals surface area contributed by atoms with E-state index in [2.05, 4.69) is 0 Å². The number of carbonyl (C=O) groups is 1. The normalized spacial score (nSPS) is 11.7. The predicted molar refractivity (Wildman–Crippen MR) is 40.1 cm³/mol. The van der Waals surface area contributed by atoms with Crippen LogP contribution in [0.1, 0.15) is 13.1 Å². The molecule has 0 radical (unpaired) electrons. The molecule has 12 heavy (non-hydrogen) atoms. The molecule has 0 aliphatic rings. The predicted octanol–water partition coefficient (Wildman–Crippen LogP) is 1.29. The molecule has 0 aromatic heterocycles. The Kier molecular flexibility index (Phi) is 1.42. The standard InChI is InChI=1S/C7H5NO4/c9-7(10)5-1-3-6(4-2-5)8(11)12/h1-4H,(H,9,10)/i1D,2D. The van der Waals surface area contributed by atoms with Gasteiger partial charge in [0.2, 0.25) is 0 Å². The van der Waals surface area contributed by atoms with Crippen LogP contribution in [0.2, 0.25) is 0 Å². The molecule has 0 aliphatic heterocycles. The van der Waals surface area contributed by atoms with Gasteiger partial charge in [-0.05, 0) is 12.1 Å². The van der Waals surface area contributed by atoms with Crippen molar-refractivity contribution in [1.29, 1.82) is 0 Å². The van der Waals surface area contributed by atoms with Crippen molar-refractivity contribution in [2.75, 3.05) is 0 Å². The number of hydrogen-bond donors (Lipinski definition) is 1. The van der Waals surface area contributed by atoms with Crippen LogP contribution < -0.4 is 0 Å². The van der Waals surface area contributed by atoms with Crippen LogP contribution in [-0.4, -0.2) is 16.0 Å². The fourth-order valence-electron chi connectivity index (χ4n) is 0.604. The number of nitro groups is 1. The highest BCUT2D eigenvalue weighted by atomic mass is 16.6. The van der Waals surface area contributed by atoms with Gasteiger partial charge in [0.05, 0.1) is 13.2 Å². The molecule has 1 aromatic carbocycles. The van der Waals surface area contributed by atoms with Gasteiger partial charge >= 0.3 is 5.97 Å². The molecule has 0 unspecified atom stereocenters. The molecule has 0 saturated carbocycles. The molecule has 1 N–H and O–H groups in total. The lowest BCUT2D eigenvalue weighted by molar-refractivity contribution is -0.384. The lowest BCUT2D eigenvalue weighted by Gasteiger charge is -1.92. The second-order valence-corrected chi connectivity index (χ2v) is 1.94. The average molecular weight is 169 g/mol. The topological polar surface area (TPSA) is 80.4 Å². The maximum Gasteiger partial charge on any atom is 0.335 e. The Morgan fingerprint density at radius 3 is 2.42 bits per heavy atom. The first-order valence-electron chi connectivity index (χ1n) is 3.92. The third-order valence-electron chi connectivity index (χ3n) is 1.15. The summed E-state index contributed by atoms with van der Waals surface area (Å²) in [6.07, 6.45) is 0. The molecule has 0 fully saturated rings. The van der Waals surface area contributed by atoms with Gasteiger partial charge in [-0.3, -0.25) is 10.1 Å². The number of benzene rings is 1. The SMILES string of the molecule is [2H]c1cc([N+](=O)[O-])cc([2H])c1C(=O)O. The van der Waals surface area contributed by atoms with E-state index < -0.39 is 34.2 Å². The Hall–Kier alpha value is -1.91. The van der Waals surface area contributed by atoms with Crippen molar-refractivity contribution in [2.24, 2.45) is 0 Å². The Morgan fingerprint density at radius 2 is 2.08 bits per heavy atom. The van der Waals surface area contributed by atoms with Crippen LogP contribution in [-0.2, 0) is 0 Å². The van der Waals surface area contributed by atoms with Gasteiger partial charge in [0.25, 0.3) is 5.69 Å². The molecule has 0 heterocycles. The van der Waals surface area contributed by atoms with Gasteiger partial charge < -0.3 is 5.11 Å². The minimum absolute atomic E-state index is 0.454. The summed E-state index contributed by atoms with van der Waals surface area (Å²) < 4.78 is 14.3. The molecule has 62 valence electrons. The maximum atomic E-state index is 10.5. The van der Waals surface area contributed by atoms with Crippen molar-refractivity contribution in [3.05, 3.63) is 39.9 Å². The molecule has 0 aliphatic carbocycles. The van der Waals surface area contributed by atoms with E-state index in [0.717, 1.165) is 12.1 Å². The van der Waals surface area contributed by atoms with Crippen molar-refractivity contribution in [3.63, 3.8) is 0 Å². The lowest BCUT2D eigenvalue weighted by atomic mass is 10.2. The quantitative estimate of drug-likeness (QED) is 0.534. The summed E-state index contributed by atoms with van der Waals surface area (Å²) in [5.41, 5.74) is -0.986. The van der Waals surface area contributed by atoms with Crippen LogP contribution in [0.4, 0.5) is 5.69 Å². The number of aromatic carboxylic acids is 1. The molecule has 5 heteroatoms. The fourth-order valence-corrected chi connectivity index (χ4v) is 0.604. The third-order valence-corrected chi connectivity index (χ3v) is 1.15. The summed E-state index contributed by atoms with van der Waals surface area (Å²) in [5, 5.41) is 18.8. The molecular weight excluding hydrogens is 162 g/mol. The third kappa shape index (κ3) is 1.57. The first kappa shape index (κ1) is 5.70. The Labute approximate surface area is 70.2 Å². The number of hydrogen-bond acceptors (Lipinski definition) is 3. The van der Waals surface area contributed by atoms with Crippen LogP contribution in [0.3, 0.4) is 0 Å². The van der Waals surface area contributed by atoms with Crippen LogP contribution in [0.15, 0.2) is 24.2 Å². The van der Waals surface area contributed by atoms with Gasteiger partial charge in [0.15, 0.2) is 0 Å². The Morgan fingerprint density at radius 1 is 1.58 bits per heavy atom. The van der Waals surface area contributed by atoms with Gasteiger partial charge in [-0.1, -0.05) is 0 Å². The van der Waals surface area contributed by atoms with Crippen molar-refractivity contribution < 1.29 is 17.6 Å². The van der Waals surface area contributed by atoms with E-state index in [1.807, 2.05) is 0 Å². The monoisotopic (exact) mass is 169 g/mol. The zero-order valence-electron chi connectivity index (χ0n) is 7.77. The number of carboxylic acids is 1. The van der Waals surface area contributed by atoms with E-state index in [4.69, 9.17) is 7.85 Å². The molecule has 0 spiro atoms. The van der Waals surface area contributed by atoms with Crippen molar-refractivity contribution in [2.45, 2.75) is 0 Å². The molecule has 0 amide bonds. The molecular formula is C7H5NO4. The number of nitrogens with zero attached hydrogens (tertiary/aromatic N) is 1. The minimum atomic E-state index is -1.44. The summed E-state index contributed by atoms with van der Waals surface area (Å²) in [5.74, 6) is -1.44. The smallest absolute Gasteiger partial charge is 0.335 e. The molecule has 0 saturated heterocycles. The fraction of sp³-hybridized carbons (Fsp3) is 0.